The monoisotopic (exact) mass is 284 g/mol. The van der Waals surface area contributed by atoms with Crippen LogP contribution in [-0.2, 0) is 6.42 Å². The Kier molecular flexibility index (Phi) is 3.27. The molecule has 2 aromatic rings. The van der Waals surface area contributed by atoms with Crippen LogP contribution in [0.5, 0.6) is 5.75 Å². The maximum absolute atomic E-state index is 12.3. The molecule has 5 heteroatoms. The smallest absolute Gasteiger partial charge is 0.254 e. The van der Waals surface area contributed by atoms with Crippen LogP contribution in [0, 0.1) is 0 Å². The molecule has 1 aliphatic carbocycles. The van der Waals surface area contributed by atoms with Crippen molar-refractivity contribution in [2.45, 2.75) is 18.6 Å². The second kappa shape index (κ2) is 5.10. The van der Waals surface area contributed by atoms with Gasteiger partial charge in [-0.15, -0.1) is 0 Å². The normalized spacial score (nSPS) is 20.0. The number of hydrogen-bond donors (Lipinski definition) is 4. The molecular weight excluding hydrogens is 268 g/mol. The summed E-state index contributed by atoms with van der Waals surface area (Å²) in [4.78, 5) is 12.3. The quantitative estimate of drug-likeness (QED) is 0.494. The Labute approximate surface area is 122 Å². The first-order chi connectivity index (χ1) is 10.1. The van der Waals surface area contributed by atoms with Crippen LogP contribution in [0.25, 0.3) is 0 Å². The molecule has 5 nitrogen and oxygen atoms in total. The van der Waals surface area contributed by atoms with Gasteiger partial charge in [0, 0.05) is 12.1 Å². The number of aliphatic hydroxyl groups is 1. The van der Waals surface area contributed by atoms with Gasteiger partial charge in [0.2, 0.25) is 0 Å². The van der Waals surface area contributed by atoms with E-state index >= 15 is 0 Å². The number of nitrogen functional groups attached to an aromatic ring is 1. The van der Waals surface area contributed by atoms with Gasteiger partial charge in [-0.25, -0.2) is 0 Å². The largest absolute Gasteiger partial charge is 0.508 e. The first-order valence-electron chi connectivity index (χ1n) is 6.71. The first-order valence-corrected chi connectivity index (χ1v) is 6.71. The highest BCUT2D eigenvalue weighted by Gasteiger charge is 2.32. The number of aliphatic hydroxyl groups excluding tert-OH is 1. The Morgan fingerprint density at radius 3 is 2.81 bits per heavy atom. The number of fused-ring (bicyclic) bond motifs is 1. The molecule has 0 unspecified atom stereocenters. The minimum atomic E-state index is -0.662. The van der Waals surface area contributed by atoms with E-state index in [9.17, 15) is 15.0 Å². The Hall–Kier alpha value is -2.53. The molecule has 0 saturated heterocycles. The number of phenolic OH excluding ortho intramolecular Hbond substituents is 1. The van der Waals surface area contributed by atoms with Crippen molar-refractivity contribution in [3.8, 4) is 5.75 Å². The summed E-state index contributed by atoms with van der Waals surface area (Å²) < 4.78 is 0. The number of nitrogens with one attached hydrogen (secondary N) is 1. The van der Waals surface area contributed by atoms with Gasteiger partial charge in [-0.05, 0) is 29.3 Å². The van der Waals surface area contributed by atoms with Crippen LogP contribution in [0.3, 0.4) is 0 Å². The number of phenols is 1. The van der Waals surface area contributed by atoms with Gasteiger partial charge >= 0.3 is 0 Å². The van der Waals surface area contributed by atoms with Crippen LogP contribution in [0.2, 0.25) is 0 Å². The Morgan fingerprint density at radius 1 is 1.24 bits per heavy atom. The molecule has 5 N–H and O–H groups in total. The highest BCUT2D eigenvalue weighted by atomic mass is 16.3. The molecule has 0 saturated carbocycles. The van der Waals surface area contributed by atoms with Gasteiger partial charge in [0.15, 0.2) is 0 Å². The molecule has 2 aromatic carbocycles. The average molecular weight is 284 g/mol. The van der Waals surface area contributed by atoms with E-state index < -0.39 is 18.1 Å². The van der Waals surface area contributed by atoms with Crippen molar-refractivity contribution in [2.75, 3.05) is 5.73 Å². The van der Waals surface area contributed by atoms with Crippen LogP contribution in [-0.4, -0.2) is 22.2 Å². The van der Waals surface area contributed by atoms with Gasteiger partial charge in [-0.1, -0.05) is 24.3 Å². The van der Waals surface area contributed by atoms with E-state index in [0.717, 1.165) is 11.1 Å². The minimum absolute atomic E-state index is 0.0262. The molecule has 3 rings (SSSR count). The van der Waals surface area contributed by atoms with Crippen molar-refractivity contribution in [1.82, 2.24) is 5.32 Å². The lowest BCUT2D eigenvalue weighted by Gasteiger charge is -2.18. The minimum Gasteiger partial charge on any atom is -0.508 e. The predicted octanol–water partition coefficient (Wildman–Crippen LogP) is 1.36. The van der Waals surface area contributed by atoms with Crippen molar-refractivity contribution in [3.05, 3.63) is 59.2 Å². The Bertz CT molecular complexity index is 700. The number of anilines is 1. The molecule has 21 heavy (non-hydrogen) atoms. The highest BCUT2D eigenvalue weighted by molar-refractivity contribution is 5.99. The molecule has 0 spiro atoms. The van der Waals surface area contributed by atoms with E-state index in [-0.39, 0.29) is 17.0 Å². The number of hydrogen-bond acceptors (Lipinski definition) is 4. The summed E-state index contributed by atoms with van der Waals surface area (Å²) in [6.45, 7) is 0. The molecule has 2 atom stereocenters. The Balaban J connectivity index is 1.87. The predicted molar refractivity (Wildman–Crippen MR) is 78.9 cm³/mol. The summed E-state index contributed by atoms with van der Waals surface area (Å²) in [5.74, 6) is -0.439. The van der Waals surface area contributed by atoms with Crippen molar-refractivity contribution in [3.63, 3.8) is 0 Å². The maximum atomic E-state index is 12.3. The lowest BCUT2D eigenvalue weighted by molar-refractivity contribution is 0.0858. The first kappa shape index (κ1) is 13.5. The second-order valence-corrected chi connectivity index (χ2v) is 5.19. The molecule has 0 heterocycles. The van der Waals surface area contributed by atoms with Gasteiger partial charge in [-0.3, -0.25) is 4.79 Å². The molecular formula is C16H16N2O3. The van der Waals surface area contributed by atoms with Crippen LogP contribution < -0.4 is 11.1 Å². The van der Waals surface area contributed by atoms with E-state index in [4.69, 9.17) is 5.73 Å². The lowest BCUT2D eigenvalue weighted by atomic mass is 10.1. The van der Waals surface area contributed by atoms with E-state index in [2.05, 4.69) is 5.32 Å². The van der Waals surface area contributed by atoms with Gasteiger partial charge in [-0.2, -0.15) is 0 Å². The summed E-state index contributed by atoms with van der Waals surface area (Å²) in [5, 5.41) is 22.4. The average Bonchev–Trinajstić information content (AvgIpc) is 2.78. The summed E-state index contributed by atoms with van der Waals surface area (Å²) in [7, 11) is 0. The Morgan fingerprint density at radius 2 is 2.00 bits per heavy atom. The SMILES string of the molecule is Nc1ccc(O)cc1C(=O)N[C@H]1c2ccccc2C[C@H]1O. The molecule has 108 valence electrons. The van der Waals surface area contributed by atoms with E-state index in [1.807, 2.05) is 24.3 Å². The van der Waals surface area contributed by atoms with E-state index in [0.29, 0.717) is 6.42 Å². The molecule has 0 aliphatic heterocycles. The zero-order chi connectivity index (χ0) is 15.0. The molecule has 0 radical (unpaired) electrons. The standard InChI is InChI=1S/C16H16N2O3/c17-13-6-5-10(19)8-12(13)16(21)18-15-11-4-2-1-3-9(11)7-14(15)20/h1-6,8,14-15,19-20H,7,17H2,(H,18,21)/t14-,15+/m1/s1. The van der Waals surface area contributed by atoms with Gasteiger partial charge in [0.05, 0.1) is 17.7 Å². The van der Waals surface area contributed by atoms with E-state index in [1.165, 1.54) is 18.2 Å². The number of carbonyl (C=O) groups is 1. The van der Waals surface area contributed by atoms with Gasteiger partial charge in [0.1, 0.15) is 5.75 Å². The number of aromatic hydroxyl groups is 1. The third-order valence-electron chi connectivity index (χ3n) is 3.77. The molecule has 0 bridgehead atoms. The van der Waals surface area contributed by atoms with Crippen LogP contribution >= 0.6 is 0 Å². The molecule has 0 aromatic heterocycles. The van der Waals surface area contributed by atoms with E-state index in [1.54, 1.807) is 0 Å². The summed E-state index contributed by atoms with van der Waals surface area (Å²) in [5.41, 5.74) is 8.18. The summed E-state index contributed by atoms with van der Waals surface area (Å²) in [6, 6.07) is 11.4. The number of nitrogens with two attached hydrogens (primary N) is 1. The van der Waals surface area contributed by atoms with Crippen LogP contribution in [0.15, 0.2) is 42.5 Å². The van der Waals surface area contributed by atoms with Crippen LogP contribution in [0.4, 0.5) is 5.69 Å². The zero-order valence-corrected chi connectivity index (χ0v) is 11.3. The van der Waals surface area contributed by atoms with Crippen molar-refractivity contribution >= 4 is 11.6 Å². The molecule has 1 aliphatic rings. The lowest BCUT2D eigenvalue weighted by Crippen LogP contribution is -2.34. The van der Waals surface area contributed by atoms with Crippen LogP contribution in [0.1, 0.15) is 27.5 Å². The third-order valence-corrected chi connectivity index (χ3v) is 3.77. The van der Waals surface area contributed by atoms with Gasteiger partial charge in [0.25, 0.3) is 5.91 Å². The second-order valence-electron chi connectivity index (χ2n) is 5.19. The summed E-state index contributed by atoms with van der Waals surface area (Å²) in [6.07, 6.45) is -0.152. The fourth-order valence-corrected chi connectivity index (χ4v) is 2.71. The van der Waals surface area contributed by atoms with Crippen molar-refractivity contribution in [2.24, 2.45) is 0 Å². The fourth-order valence-electron chi connectivity index (χ4n) is 2.71. The fraction of sp³-hybridized carbons (Fsp3) is 0.188. The van der Waals surface area contributed by atoms with Crippen molar-refractivity contribution < 1.29 is 15.0 Å². The molecule has 0 fully saturated rings. The topological polar surface area (TPSA) is 95.6 Å². The third kappa shape index (κ3) is 2.43. The van der Waals surface area contributed by atoms with Crippen molar-refractivity contribution in [1.29, 1.82) is 0 Å². The number of rotatable bonds is 2. The zero-order valence-electron chi connectivity index (χ0n) is 11.3. The number of carbonyl (C=O) groups excluding carboxylic acids is 1. The highest BCUT2D eigenvalue weighted by Crippen LogP contribution is 2.31. The molecule has 1 amide bonds. The number of amides is 1. The maximum Gasteiger partial charge on any atom is 0.254 e. The number of benzene rings is 2. The summed E-state index contributed by atoms with van der Waals surface area (Å²) >= 11 is 0. The van der Waals surface area contributed by atoms with Gasteiger partial charge < -0.3 is 21.3 Å².